The minimum atomic E-state index is -0.160. The molecule has 114 valence electrons. The highest BCUT2D eigenvalue weighted by Crippen LogP contribution is 2.26. The molecule has 21 heavy (non-hydrogen) atoms. The summed E-state index contributed by atoms with van der Waals surface area (Å²) in [6, 6.07) is 2.22. The number of pyridine rings is 1. The van der Waals surface area contributed by atoms with Gasteiger partial charge >= 0.3 is 0 Å². The number of quaternary nitrogens is 1. The van der Waals surface area contributed by atoms with E-state index in [1.54, 1.807) is 0 Å². The monoisotopic (exact) mass is 291 g/mol. The predicted octanol–water partition coefficient (Wildman–Crippen LogP) is -0.190. The quantitative estimate of drug-likeness (QED) is 0.681. The molecular weight excluding hydrogens is 268 g/mol. The third-order valence-corrected chi connectivity index (χ3v) is 4.98. The van der Waals surface area contributed by atoms with Crippen molar-refractivity contribution in [2.45, 2.75) is 39.3 Å². The maximum Gasteiger partial charge on any atom is 0.273 e. The molecular formula is C15H23N4O2+. The van der Waals surface area contributed by atoms with E-state index in [0.717, 1.165) is 18.5 Å². The zero-order valence-corrected chi connectivity index (χ0v) is 13.0. The molecule has 1 aliphatic heterocycles. The second-order valence-corrected chi connectivity index (χ2v) is 6.58. The van der Waals surface area contributed by atoms with Crippen LogP contribution in [0.4, 0.5) is 0 Å². The van der Waals surface area contributed by atoms with Crippen LogP contribution in [0.1, 0.15) is 31.9 Å². The number of nitrogens with zero attached hydrogens (tertiary/aromatic N) is 1. The molecule has 2 aromatic rings. The van der Waals surface area contributed by atoms with Crippen LogP contribution in [0.3, 0.4) is 0 Å². The number of piperidine rings is 1. The van der Waals surface area contributed by atoms with Crippen molar-refractivity contribution in [3.8, 4) is 0 Å². The zero-order valence-electron chi connectivity index (χ0n) is 13.0. The summed E-state index contributed by atoms with van der Waals surface area (Å²) in [4.78, 5) is 28.3. The SMILES string of the molecule is Cc1cc(=O)[nH]c2c1c(=O)[nH]n2[C@@H]1C[C@H](C)[NH+](C)C[C@@H]1C. The molecule has 1 fully saturated rings. The first-order valence-electron chi connectivity index (χ1n) is 7.55. The van der Waals surface area contributed by atoms with Gasteiger partial charge in [0.15, 0.2) is 0 Å². The first-order chi connectivity index (χ1) is 9.88. The van der Waals surface area contributed by atoms with Crippen molar-refractivity contribution in [3.05, 3.63) is 32.3 Å². The van der Waals surface area contributed by atoms with Crippen molar-refractivity contribution in [3.63, 3.8) is 0 Å². The Kier molecular flexibility index (Phi) is 3.28. The van der Waals surface area contributed by atoms with Crippen molar-refractivity contribution in [1.82, 2.24) is 14.8 Å². The highest BCUT2D eigenvalue weighted by molar-refractivity contribution is 5.78. The lowest BCUT2D eigenvalue weighted by molar-refractivity contribution is -0.914. The molecule has 2 aromatic heterocycles. The van der Waals surface area contributed by atoms with Gasteiger partial charge in [0.25, 0.3) is 5.56 Å². The molecule has 3 N–H and O–H groups in total. The Bertz CT molecular complexity index is 785. The van der Waals surface area contributed by atoms with Gasteiger partial charge in [-0.2, -0.15) is 0 Å². The lowest BCUT2D eigenvalue weighted by Crippen LogP contribution is -3.14. The minimum absolute atomic E-state index is 0.120. The number of aromatic nitrogens is 3. The van der Waals surface area contributed by atoms with E-state index >= 15 is 0 Å². The fourth-order valence-electron chi connectivity index (χ4n) is 3.61. The molecule has 3 heterocycles. The summed E-state index contributed by atoms with van der Waals surface area (Å²) in [5, 5.41) is 3.54. The van der Waals surface area contributed by atoms with Crippen LogP contribution in [0.2, 0.25) is 0 Å². The van der Waals surface area contributed by atoms with Crippen LogP contribution in [0, 0.1) is 12.8 Å². The van der Waals surface area contributed by atoms with Crippen LogP contribution in [0.25, 0.3) is 11.0 Å². The summed E-state index contributed by atoms with van der Waals surface area (Å²) >= 11 is 0. The second-order valence-electron chi connectivity index (χ2n) is 6.58. The molecule has 0 spiro atoms. The van der Waals surface area contributed by atoms with Crippen molar-refractivity contribution < 1.29 is 4.90 Å². The Balaban J connectivity index is 2.17. The summed E-state index contributed by atoms with van der Waals surface area (Å²) in [6.45, 7) is 7.30. The van der Waals surface area contributed by atoms with Crippen LogP contribution >= 0.6 is 0 Å². The molecule has 4 atom stereocenters. The first kappa shape index (κ1) is 14.1. The second kappa shape index (κ2) is 4.87. The van der Waals surface area contributed by atoms with Gasteiger partial charge in [0, 0.05) is 18.4 Å². The van der Waals surface area contributed by atoms with Gasteiger partial charge in [0.1, 0.15) is 5.65 Å². The van der Waals surface area contributed by atoms with Crippen LogP contribution in [-0.4, -0.2) is 34.4 Å². The number of aryl methyl sites for hydroxylation is 1. The molecule has 1 aliphatic rings. The van der Waals surface area contributed by atoms with E-state index in [2.05, 4.69) is 31.0 Å². The van der Waals surface area contributed by atoms with Gasteiger partial charge in [-0.3, -0.25) is 19.4 Å². The Hall–Kier alpha value is -1.82. The summed E-state index contributed by atoms with van der Waals surface area (Å²) in [6.07, 6.45) is 0.989. The summed E-state index contributed by atoms with van der Waals surface area (Å²) < 4.78 is 1.89. The molecule has 1 unspecified atom stereocenters. The van der Waals surface area contributed by atoms with Gasteiger partial charge < -0.3 is 9.88 Å². The van der Waals surface area contributed by atoms with E-state index in [-0.39, 0.29) is 17.2 Å². The average molecular weight is 291 g/mol. The predicted molar refractivity (Wildman–Crippen MR) is 82.0 cm³/mol. The lowest BCUT2D eigenvalue weighted by atomic mass is 9.90. The molecule has 0 saturated carbocycles. The largest absolute Gasteiger partial charge is 0.335 e. The van der Waals surface area contributed by atoms with Crippen molar-refractivity contribution in [1.29, 1.82) is 0 Å². The van der Waals surface area contributed by atoms with E-state index < -0.39 is 0 Å². The molecule has 1 saturated heterocycles. The third kappa shape index (κ3) is 2.23. The van der Waals surface area contributed by atoms with Gasteiger partial charge in [-0.1, -0.05) is 6.92 Å². The van der Waals surface area contributed by atoms with Crippen LogP contribution in [0.15, 0.2) is 15.7 Å². The van der Waals surface area contributed by atoms with Gasteiger partial charge in [-0.25, -0.2) is 0 Å². The average Bonchev–Trinajstić information content (AvgIpc) is 2.71. The molecule has 0 amide bonds. The molecule has 0 bridgehead atoms. The number of hydrogen-bond acceptors (Lipinski definition) is 2. The van der Waals surface area contributed by atoms with E-state index in [0.29, 0.717) is 23.0 Å². The summed E-state index contributed by atoms with van der Waals surface area (Å²) in [7, 11) is 2.21. The molecule has 0 radical (unpaired) electrons. The molecule has 0 aliphatic carbocycles. The molecule has 6 nitrogen and oxygen atoms in total. The van der Waals surface area contributed by atoms with Crippen molar-refractivity contribution in [2.75, 3.05) is 13.6 Å². The normalized spacial score (nSPS) is 29.9. The number of fused-ring (bicyclic) bond motifs is 1. The Morgan fingerprint density at radius 1 is 1.33 bits per heavy atom. The van der Waals surface area contributed by atoms with E-state index in [1.807, 2.05) is 11.6 Å². The summed E-state index contributed by atoms with van der Waals surface area (Å²) in [5.41, 5.74) is 1.08. The van der Waals surface area contributed by atoms with Gasteiger partial charge in [0.05, 0.1) is 31.1 Å². The highest BCUT2D eigenvalue weighted by Gasteiger charge is 2.34. The number of hydrogen-bond donors (Lipinski definition) is 3. The maximum absolute atomic E-state index is 12.2. The Morgan fingerprint density at radius 3 is 2.76 bits per heavy atom. The standard InChI is InChI=1S/C15H22N4O2/c1-8-5-12(20)16-14-13(8)15(21)17-19(14)11-6-10(3)18(4)7-9(11)2/h5,9-11H,6-7H2,1-4H3,(H,16,20)(H,17,21)/p+1/t9-,10-,11+/m0/s1. The molecule has 3 rings (SSSR count). The zero-order chi connectivity index (χ0) is 15.3. The number of aromatic amines is 2. The van der Waals surface area contributed by atoms with E-state index in [1.165, 1.54) is 11.0 Å². The van der Waals surface area contributed by atoms with Crippen LogP contribution < -0.4 is 16.0 Å². The van der Waals surface area contributed by atoms with E-state index in [4.69, 9.17) is 0 Å². The van der Waals surface area contributed by atoms with Crippen molar-refractivity contribution >= 4 is 11.0 Å². The number of rotatable bonds is 1. The minimum Gasteiger partial charge on any atom is -0.335 e. The van der Waals surface area contributed by atoms with E-state index in [9.17, 15) is 9.59 Å². The van der Waals surface area contributed by atoms with Crippen LogP contribution in [-0.2, 0) is 0 Å². The van der Waals surface area contributed by atoms with Gasteiger partial charge in [-0.05, 0) is 19.4 Å². The lowest BCUT2D eigenvalue weighted by Gasteiger charge is -2.37. The topological polar surface area (TPSA) is 75.1 Å². The number of nitrogens with one attached hydrogen (secondary N) is 3. The molecule has 0 aromatic carbocycles. The highest BCUT2D eigenvalue weighted by atomic mass is 16.1. The fraction of sp³-hybridized carbons (Fsp3) is 0.600. The van der Waals surface area contributed by atoms with Crippen LogP contribution in [0.5, 0.6) is 0 Å². The smallest absolute Gasteiger partial charge is 0.273 e. The number of likely N-dealkylation sites (tertiary alicyclic amines) is 1. The summed E-state index contributed by atoms with van der Waals surface area (Å²) in [5.74, 6) is 0.441. The fourth-order valence-corrected chi connectivity index (χ4v) is 3.61. The Labute approximate surface area is 122 Å². The van der Waals surface area contributed by atoms with Gasteiger partial charge in [0.2, 0.25) is 5.56 Å². The first-order valence-corrected chi connectivity index (χ1v) is 7.55. The third-order valence-electron chi connectivity index (χ3n) is 4.98. The maximum atomic E-state index is 12.2. The molecule has 6 heteroatoms. The van der Waals surface area contributed by atoms with Crippen molar-refractivity contribution in [2.24, 2.45) is 5.92 Å². The Morgan fingerprint density at radius 2 is 2.05 bits per heavy atom. The number of H-pyrrole nitrogens is 2. The van der Waals surface area contributed by atoms with Gasteiger partial charge in [-0.15, -0.1) is 0 Å².